The van der Waals surface area contributed by atoms with Gasteiger partial charge in [0.25, 0.3) is 0 Å². The van der Waals surface area contributed by atoms with E-state index in [1.807, 2.05) is 0 Å². The van der Waals surface area contributed by atoms with E-state index in [9.17, 15) is 4.79 Å². The largest absolute Gasteiger partial charge is 0.478 e. The fraction of sp³-hybridized carbons (Fsp3) is 0.308. The molecule has 0 spiro atoms. The molecule has 0 saturated carbocycles. The Morgan fingerprint density at radius 1 is 1.37 bits per heavy atom. The summed E-state index contributed by atoms with van der Waals surface area (Å²) in [6, 6.07) is 3.23. The number of thiazole rings is 1. The van der Waals surface area contributed by atoms with Gasteiger partial charge in [-0.3, -0.25) is 0 Å². The van der Waals surface area contributed by atoms with Gasteiger partial charge in [0.2, 0.25) is 0 Å². The van der Waals surface area contributed by atoms with Crippen molar-refractivity contribution in [2.24, 2.45) is 0 Å². The number of hydrogen-bond donors (Lipinski definition) is 2. The fourth-order valence-corrected chi connectivity index (χ4v) is 3.27. The fourth-order valence-electron chi connectivity index (χ4n) is 2.21. The van der Waals surface area contributed by atoms with Gasteiger partial charge < -0.3 is 10.4 Å². The predicted molar refractivity (Wildman–Crippen MR) is 73.4 cm³/mol. The van der Waals surface area contributed by atoms with Gasteiger partial charge in [-0.15, -0.1) is 11.3 Å². The summed E-state index contributed by atoms with van der Waals surface area (Å²) in [7, 11) is 0. The van der Waals surface area contributed by atoms with Crippen molar-refractivity contribution in [2.45, 2.75) is 26.2 Å². The number of carbonyl (C=O) groups is 1. The molecule has 2 heterocycles. The zero-order valence-corrected chi connectivity index (χ0v) is 11.3. The highest BCUT2D eigenvalue weighted by molar-refractivity contribution is 7.15. The van der Waals surface area contributed by atoms with Crippen LogP contribution in [0.3, 0.4) is 0 Å². The number of carboxylic acid groups (broad SMARTS) is 1. The molecule has 0 bridgehead atoms. The van der Waals surface area contributed by atoms with Gasteiger partial charge in [-0.05, 0) is 38.3 Å². The predicted octanol–water partition coefficient (Wildman–Crippen LogP) is 2.78. The molecule has 0 saturated heterocycles. The van der Waals surface area contributed by atoms with Gasteiger partial charge in [0.15, 0.2) is 5.13 Å². The summed E-state index contributed by atoms with van der Waals surface area (Å²) in [5.74, 6) is -0.320. The number of aromatic carboxylic acids is 1. The molecule has 0 fully saturated rings. The third-order valence-corrected chi connectivity index (χ3v) is 4.22. The first-order chi connectivity index (χ1) is 9.13. The molecule has 0 aliphatic heterocycles. The SMILES string of the molecule is Cc1nc(Nc2nc3c(s2)CCC3)ccc1C(=O)O. The number of nitrogens with one attached hydrogen (secondary N) is 1. The van der Waals surface area contributed by atoms with Crippen LogP contribution in [0.5, 0.6) is 0 Å². The van der Waals surface area contributed by atoms with Gasteiger partial charge in [0, 0.05) is 4.88 Å². The molecule has 2 aromatic heterocycles. The summed E-state index contributed by atoms with van der Waals surface area (Å²) in [4.78, 5) is 21.0. The van der Waals surface area contributed by atoms with Crippen molar-refractivity contribution in [3.8, 4) is 0 Å². The maximum absolute atomic E-state index is 10.9. The standard InChI is InChI=1S/C13H13N3O2S/c1-7-8(12(17)18)5-6-11(14-7)16-13-15-9-3-2-4-10(9)19-13/h5-6H,2-4H2,1H3,(H,17,18)(H,14,15,16). The number of rotatable bonds is 3. The van der Waals surface area contributed by atoms with Crippen LogP contribution in [-0.4, -0.2) is 21.0 Å². The minimum absolute atomic E-state index is 0.229. The Kier molecular flexibility index (Phi) is 2.94. The van der Waals surface area contributed by atoms with Crippen LogP contribution in [-0.2, 0) is 12.8 Å². The summed E-state index contributed by atoms with van der Waals surface area (Å²) >= 11 is 1.65. The summed E-state index contributed by atoms with van der Waals surface area (Å²) in [5.41, 5.74) is 1.92. The van der Waals surface area contributed by atoms with Crippen LogP contribution in [0.25, 0.3) is 0 Å². The number of nitrogens with zero attached hydrogens (tertiary/aromatic N) is 2. The van der Waals surface area contributed by atoms with E-state index in [0.717, 1.165) is 18.0 Å². The molecule has 19 heavy (non-hydrogen) atoms. The molecule has 5 nitrogen and oxygen atoms in total. The molecule has 0 amide bonds. The van der Waals surface area contributed by atoms with Crippen LogP contribution >= 0.6 is 11.3 Å². The first-order valence-corrected chi connectivity index (χ1v) is 6.91. The summed E-state index contributed by atoms with van der Waals surface area (Å²) in [6.07, 6.45) is 3.36. The van der Waals surface area contributed by atoms with E-state index in [4.69, 9.17) is 5.11 Å². The number of carboxylic acids is 1. The third-order valence-electron chi connectivity index (χ3n) is 3.15. The Labute approximate surface area is 114 Å². The van der Waals surface area contributed by atoms with E-state index in [1.54, 1.807) is 30.4 Å². The first-order valence-electron chi connectivity index (χ1n) is 6.10. The molecule has 6 heteroatoms. The number of aryl methyl sites for hydroxylation is 3. The van der Waals surface area contributed by atoms with Crippen LogP contribution in [0.15, 0.2) is 12.1 Å². The summed E-state index contributed by atoms with van der Waals surface area (Å²) in [6.45, 7) is 1.69. The molecule has 2 N–H and O–H groups in total. The second-order valence-corrected chi connectivity index (χ2v) is 5.59. The zero-order chi connectivity index (χ0) is 13.4. The summed E-state index contributed by atoms with van der Waals surface area (Å²) < 4.78 is 0. The van der Waals surface area contributed by atoms with Gasteiger partial charge in [0.1, 0.15) is 5.82 Å². The monoisotopic (exact) mass is 275 g/mol. The average molecular weight is 275 g/mol. The van der Waals surface area contributed by atoms with Gasteiger partial charge >= 0.3 is 5.97 Å². The van der Waals surface area contributed by atoms with Crippen molar-refractivity contribution in [1.82, 2.24) is 9.97 Å². The Morgan fingerprint density at radius 3 is 2.89 bits per heavy atom. The smallest absolute Gasteiger partial charge is 0.337 e. The van der Waals surface area contributed by atoms with Crippen molar-refractivity contribution in [2.75, 3.05) is 5.32 Å². The Bertz CT molecular complexity index is 630. The topological polar surface area (TPSA) is 75.1 Å². The van der Waals surface area contributed by atoms with Crippen LogP contribution in [0.1, 0.15) is 33.0 Å². The van der Waals surface area contributed by atoms with Crippen LogP contribution in [0.4, 0.5) is 10.9 Å². The van der Waals surface area contributed by atoms with Crippen molar-refractivity contribution in [3.63, 3.8) is 0 Å². The maximum atomic E-state index is 10.9. The van der Waals surface area contributed by atoms with E-state index in [-0.39, 0.29) is 5.56 Å². The number of hydrogen-bond acceptors (Lipinski definition) is 5. The second-order valence-electron chi connectivity index (χ2n) is 4.50. The van der Waals surface area contributed by atoms with E-state index < -0.39 is 5.97 Å². The van der Waals surface area contributed by atoms with E-state index in [2.05, 4.69) is 15.3 Å². The molecule has 3 rings (SSSR count). The lowest BCUT2D eigenvalue weighted by molar-refractivity contribution is 0.0695. The highest BCUT2D eigenvalue weighted by atomic mass is 32.1. The second kappa shape index (κ2) is 4.62. The van der Waals surface area contributed by atoms with E-state index in [0.29, 0.717) is 11.5 Å². The van der Waals surface area contributed by atoms with Crippen LogP contribution in [0, 0.1) is 6.92 Å². The number of anilines is 2. The van der Waals surface area contributed by atoms with Crippen molar-refractivity contribution in [3.05, 3.63) is 34.0 Å². The molecule has 0 unspecified atom stereocenters. The first kappa shape index (κ1) is 12.1. The molecule has 98 valence electrons. The minimum atomic E-state index is -0.954. The molecule has 0 radical (unpaired) electrons. The normalized spacial score (nSPS) is 13.3. The van der Waals surface area contributed by atoms with Gasteiger partial charge in [-0.1, -0.05) is 0 Å². The maximum Gasteiger partial charge on any atom is 0.337 e. The number of pyridine rings is 1. The lowest BCUT2D eigenvalue weighted by Crippen LogP contribution is -2.03. The highest BCUT2D eigenvalue weighted by Gasteiger charge is 2.17. The van der Waals surface area contributed by atoms with E-state index in [1.165, 1.54) is 17.0 Å². The molecule has 2 aromatic rings. The zero-order valence-electron chi connectivity index (χ0n) is 10.4. The molecular formula is C13H13N3O2S. The molecular weight excluding hydrogens is 262 g/mol. The van der Waals surface area contributed by atoms with Gasteiger partial charge in [-0.2, -0.15) is 0 Å². The van der Waals surface area contributed by atoms with Gasteiger partial charge in [-0.25, -0.2) is 14.8 Å². The molecule has 1 aliphatic carbocycles. The minimum Gasteiger partial charge on any atom is -0.478 e. The van der Waals surface area contributed by atoms with Crippen molar-refractivity contribution >= 4 is 28.3 Å². The lowest BCUT2D eigenvalue weighted by Gasteiger charge is -2.05. The van der Waals surface area contributed by atoms with Crippen molar-refractivity contribution < 1.29 is 9.90 Å². The van der Waals surface area contributed by atoms with Crippen molar-refractivity contribution in [1.29, 1.82) is 0 Å². The summed E-state index contributed by atoms with van der Waals surface area (Å²) in [5, 5.41) is 12.9. The quantitative estimate of drug-likeness (QED) is 0.901. The average Bonchev–Trinajstić information content (AvgIpc) is 2.89. The Hall–Kier alpha value is -1.95. The van der Waals surface area contributed by atoms with Crippen LogP contribution in [0.2, 0.25) is 0 Å². The highest BCUT2D eigenvalue weighted by Crippen LogP contribution is 2.31. The van der Waals surface area contributed by atoms with Crippen LogP contribution < -0.4 is 5.32 Å². The lowest BCUT2D eigenvalue weighted by atomic mass is 10.2. The number of fused-ring (bicyclic) bond motifs is 1. The molecule has 0 aromatic carbocycles. The van der Waals surface area contributed by atoms with Gasteiger partial charge in [0.05, 0.1) is 17.0 Å². The third kappa shape index (κ3) is 2.31. The molecule has 1 aliphatic rings. The Morgan fingerprint density at radius 2 is 2.21 bits per heavy atom. The molecule has 0 atom stereocenters. The number of aromatic nitrogens is 2. The van der Waals surface area contributed by atoms with E-state index >= 15 is 0 Å². The Balaban J connectivity index is 1.83.